The molecule has 0 spiro atoms. The van der Waals surface area contributed by atoms with Gasteiger partial charge in [-0.3, -0.25) is 4.98 Å². The van der Waals surface area contributed by atoms with Crippen LogP contribution in [0, 0.1) is 6.92 Å². The van der Waals surface area contributed by atoms with Crippen molar-refractivity contribution < 1.29 is 4.52 Å². The average Bonchev–Trinajstić information content (AvgIpc) is 2.81. The zero-order chi connectivity index (χ0) is 13.2. The summed E-state index contributed by atoms with van der Waals surface area (Å²) in [6, 6.07) is 9.54. The van der Waals surface area contributed by atoms with E-state index in [-0.39, 0.29) is 0 Å². The highest BCUT2D eigenvalue weighted by Gasteiger charge is 2.04. The van der Waals surface area contributed by atoms with Crippen LogP contribution in [-0.2, 0) is 6.54 Å². The van der Waals surface area contributed by atoms with Gasteiger partial charge in [-0.1, -0.05) is 5.16 Å². The van der Waals surface area contributed by atoms with Crippen LogP contribution < -0.4 is 11.1 Å². The number of fused-ring (bicyclic) bond motifs is 1. The lowest BCUT2D eigenvalue weighted by Gasteiger charge is -2.08. The lowest BCUT2D eigenvalue weighted by Crippen LogP contribution is -1.99. The molecule has 0 aliphatic heterocycles. The summed E-state index contributed by atoms with van der Waals surface area (Å²) in [4.78, 5) is 4.31. The van der Waals surface area contributed by atoms with E-state index in [9.17, 15) is 0 Å². The van der Waals surface area contributed by atoms with Crippen LogP contribution in [0.5, 0.6) is 0 Å². The average molecular weight is 254 g/mol. The fourth-order valence-corrected chi connectivity index (χ4v) is 2.00. The van der Waals surface area contributed by atoms with Crippen LogP contribution in [0.3, 0.4) is 0 Å². The number of hydrogen-bond acceptors (Lipinski definition) is 5. The van der Waals surface area contributed by atoms with E-state index in [4.69, 9.17) is 10.3 Å². The van der Waals surface area contributed by atoms with Gasteiger partial charge in [0.1, 0.15) is 0 Å². The molecule has 0 atom stereocenters. The molecule has 2 aromatic heterocycles. The van der Waals surface area contributed by atoms with E-state index in [1.165, 1.54) is 0 Å². The van der Waals surface area contributed by atoms with Crippen LogP contribution in [0.2, 0.25) is 0 Å². The molecule has 0 amide bonds. The number of rotatable bonds is 3. The Morgan fingerprint density at radius 2 is 2.16 bits per heavy atom. The second kappa shape index (κ2) is 4.61. The summed E-state index contributed by atoms with van der Waals surface area (Å²) < 4.78 is 5.17. The first-order valence-electron chi connectivity index (χ1n) is 6.03. The minimum Gasteiger partial charge on any atom is -0.399 e. The van der Waals surface area contributed by atoms with E-state index >= 15 is 0 Å². The van der Waals surface area contributed by atoms with Crippen LogP contribution in [0.1, 0.15) is 11.5 Å². The number of anilines is 2. The maximum Gasteiger partial charge on any atom is 0.156 e. The molecular weight excluding hydrogens is 240 g/mol. The van der Waals surface area contributed by atoms with Gasteiger partial charge in [-0.25, -0.2) is 0 Å². The third-order valence-electron chi connectivity index (χ3n) is 2.90. The third kappa shape index (κ3) is 2.35. The molecule has 5 heteroatoms. The van der Waals surface area contributed by atoms with Crippen molar-refractivity contribution in [2.45, 2.75) is 13.5 Å². The lowest BCUT2D eigenvalue weighted by molar-refractivity contribution is 0.384. The zero-order valence-electron chi connectivity index (χ0n) is 10.6. The topological polar surface area (TPSA) is 77.0 Å². The predicted octanol–water partition coefficient (Wildman–Crippen LogP) is 2.73. The van der Waals surface area contributed by atoms with Crippen molar-refractivity contribution in [1.82, 2.24) is 10.1 Å². The van der Waals surface area contributed by atoms with Gasteiger partial charge < -0.3 is 15.6 Å². The first-order valence-corrected chi connectivity index (χ1v) is 6.03. The van der Waals surface area contributed by atoms with E-state index in [0.717, 1.165) is 28.0 Å². The van der Waals surface area contributed by atoms with E-state index in [1.54, 1.807) is 6.20 Å². The second-order valence-corrected chi connectivity index (χ2v) is 4.42. The Bertz CT molecular complexity index is 720. The van der Waals surface area contributed by atoms with Gasteiger partial charge in [-0.05, 0) is 31.2 Å². The summed E-state index contributed by atoms with van der Waals surface area (Å²) >= 11 is 0. The molecule has 0 bridgehead atoms. The molecule has 2 heterocycles. The van der Waals surface area contributed by atoms with Crippen molar-refractivity contribution in [2.75, 3.05) is 11.1 Å². The molecular formula is C14H14N4O. The Balaban J connectivity index is 1.88. The highest BCUT2D eigenvalue weighted by atomic mass is 16.5. The number of nitrogen functional groups attached to an aromatic ring is 1. The van der Waals surface area contributed by atoms with E-state index in [0.29, 0.717) is 12.2 Å². The van der Waals surface area contributed by atoms with Crippen LogP contribution in [0.4, 0.5) is 11.4 Å². The van der Waals surface area contributed by atoms with E-state index < -0.39 is 0 Å². The number of hydrogen-bond donors (Lipinski definition) is 2. The molecule has 0 fully saturated rings. The molecule has 3 N–H and O–H groups in total. The smallest absolute Gasteiger partial charge is 0.156 e. The fourth-order valence-electron chi connectivity index (χ4n) is 2.00. The Kier molecular flexibility index (Phi) is 2.79. The molecule has 0 aliphatic rings. The SMILES string of the molecule is Cc1cc(CNc2ccnc3cc(N)ccc23)on1. The van der Waals surface area contributed by atoms with Gasteiger partial charge in [0, 0.05) is 29.0 Å². The Labute approximate surface area is 110 Å². The molecule has 1 aromatic carbocycles. The highest BCUT2D eigenvalue weighted by Crippen LogP contribution is 2.23. The predicted molar refractivity (Wildman–Crippen MR) is 74.7 cm³/mol. The minimum absolute atomic E-state index is 0.588. The van der Waals surface area contributed by atoms with Crippen molar-refractivity contribution in [3.63, 3.8) is 0 Å². The van der Waals surface area contributed by atoms with Gasteiger partial charge in [0.15, 0.2) is 5.76 Å². The highest BCUT2D eigenvalue weighted by molar-refractivity contribution is 5.92. The molecule has 3 rings (SSSR count). The number of aryl methyl sites for hydroxylation is 1. The molecule has 0 saturated carbocycles. The largest absolute Gasteiger partial charge is 0.399 e. The van der Waals surface area contributed by atoms with Gasteiger partial charge in [-0.2, -0.15) is 0 Å². The van der Waals surface area contributed by atoms with Gasteiger partial charge in [0.25, 0.3) is 0 Å². The van der Waals surface area contributed by atoms with Gasteiger partial charge in [0.05, 0.1) is 17.8 Å². The van der Waals surface area contributed by atoms with Crippen LogP contribution >= 0.6 is 0 Å². The van der Waals surface area contributed by atoms with Crippen molar-refractivity contribution >= 4 is 22.3 Å². The Morgan fingerprint density at radius 1 is 1.26 bits per heavy atom. The molecule has 19 heavy (non-hydrogen) atoms. The monoisotopic (exact) mass is 254 g/mol. The molecule has 96 valence electrons. The van der Waals surface area contributed by atoms with Crippen molar-refractivity contribution in [1.29, 1.82) is 0 Å². The van der Waals surface area contributed by atoms with Crippen LogP contribution in [0.25, 0.3) is 10.9 Å². The van der Waals surface area contributed by atoms with Gasteiger partial charge in [-0.15, -0.1) is 0 Å². The summed E-state index contributed by atoms with van der Waals surface area (Å²) in [5, 5.41) is 8.22. The van der Waals surface area contributed by atoms with Gasteiger partial charge in [0.2, 0.25) is 0 Å². The molecule has 0 unspecified atom stereocenters. The summed E-state index contributed by atoms with van der Waals surface area (Å²) in [5.41, 5.74) is 9.22. The molecule has 3 aromatic rings. The molecule has 0 radical (unpaired) electrons. The molecule has 0 saturated heterocycles. The minimum atomic E-state index is 0.588. The zero-order valence-corrected chi connectivity index (χ0v) is 10.6. The summed E-state index contributed by atoms with van der Waals surface area (Å²) in [6.07, 6.45) is 1.76. The number of pyridine rings is 1. The lowest BCUT2D eigenvalue weighted by atomic mass is 10.1. The van der Waals surface area contributed by atoms with Crippen LogP contribution in [0.15, 0.2) is 41.1 Å². The van der Waals surface area contributed by atoms with Crippen molar-refractivity contribution in [3.05, 3.63) is 48.0 Å². The first kappa shape index (κ1) is 11.5. The fraction of sp³-hybridized carbons (Fsp3) is 0.143. The Morgan fingerprint density at radius 3 is 2.95 bits per heavy atom. The number of nitrogens with one attached hydrogen (secondary N) is 1. The quantitative estimate of drug-likeness (QED) is 0.703. The standard InChI is InChI=1S/C14H14N4O/c1-9-6-11(19-18-9)8-17-13-4-5-16-14-7-10(15)2-3-12(13)14/h2-7H,8,15H2,1H3,(H,16,17). The molecule has 0 aliphatic carbocycles. The normalized spacial score (nSPS) is 10.8. The Hall–Kier alpha value is -2.56. The van der Waals surface area contributed by atoms with Crippen molar-refractivity contribution in [2.24, 2.45) is 0 Å². The molecule has 5 nitrogen and oxygen atoms in total. The third-order valence-corrected chi connectivity index (χ3v) is 2.90. The maximum atomic E-state index is 5.76. The second-order valence-electron chi connectivity index (χ2n) is 4.42. The summed E-state index contributed by atoms with van der Waals surface area (Å²) in [7, 11) is 0. The number of benzene rings is 1. The summed E-state index contributed by atoms with van der Waals surface area (Å²) in [5.74, 6) is 0.804. The van der Waals surface area contributed by atoms with E-state index in [1.807, 2.05) is 37.3 Å². The van der Waals surface area contributed by atoms with E-state index in [2.05, 4.69) is 15.5 Å². The number of nitrogens with two attached hydrogens (primary N) is 1. The number of nitrogens with zero attached hydrogens (tertiary/aromatic N) is 2. The van der Waals surface area contributed by atoms with Gasteiger partial charge >= 0.3 is 0 Å². The first-order chi connectivity index (χ1) is 9.22. The number of aromatic nitrogens is 2. The summed E-state index contributed by atoms with van der Waals surface area (Å²) in [6.45, 7) is 2.49. The van der Waals surface area contributed by atoms with Crippen LogP contribution in [-0.4, -0.2) is 10.1 Å². The maximum absolute atomic E-state index is 5.76. The van der Waals surface area contributed by atoms with Crippen molar-refractivity contribution in [3.8, 4) is 0 Å².